The van der Waals surface area contributed by atoms with Gasteiger partial charge >= 0.3 is 0 Å². The lowest BCUT2D eigenvalue weighted by Gasteiger charge is -2.12. The van der Waals surface area contributed by atoms with Crippen molar-refractivity contribution in [2.24, 2.45) is 4.99 Å². The van der Waals surface area contributed by atoms with Crippen LogP contribution in [-0.4, -0.2) is 36.8 Å². The van der Waals surface area contributed by atoms with Gasteiger partial charge in [0.15, 0.2) is 0 Å². The van der Waals surface area contributed by atoms with Crippen molar-refractivity contribution >= 4 is 38.9 Å². The maximum absolute atomic E-state index is 4.80. The van der Waals surface area contributed by atoms with Crippen LogP contribution in [0.25, 0.3) is 77.7 Å². The van der Waals surface area contributed by atoms with E-state index in [9.17, 15) is 0 Å². The number of fused-ring (bicyclic) bond motifs is 6. The summed E-state index contributed by atoms with van der Waals surface area (Å²) in [5.74, 6) is 0. The summed E-state index contributed by atoms with van der Waals surface area (Å²) in [6, 6.07) is 44.9. The predicted molar refractivity (Wildman–Crippen MR) is 203 cm³/mol. The molecule has 0 saturated heterocycles. The van der Waals surface area contributed by atoms with E-state index in [1.54, 1.807) is 0 Å². The Bertz CT molecular complexity index is 2660. The van der Waals surface area contributed by atoms with Crippen molar-refractivity contribution in [2.75, 3.05) is 6.54 Å². The maximum atomic E-state index is 4.80. The highest BCUT2D eigenvalue weighted by Gasteiger charge is 2.19. The van der Waals surface area contributed by atoms with Crippen molar-refractivity contribution in [3.05, 3.63) is 163 Å². The second-order valence-corrected chi connectivity index (χ2v) is 12.7. The van der Waals surface area contributed by atoms with Gasteiger partial charge in [0.2, 0.25) is 0 Å². The van der Waals surface area contributed by atoms with Gasteiger partial charge in [0.1, 0.15) is 0 Å². The monoisotopic (exact) mass is 642 g/mol. The van der Waals surface area contributed by atoms with Gasteiger partial charge in [0.25, 0.3) is 0 Å². The number of para-hydroxylation sites is 2. The lowest BCUT2D eigenvalue weighted by Crippen LogP contribution is -2.06. The van der Waals surface area contributed by atoms with Crippen molar-refractivity contribution in [1.29, 1.82) is 0 Å². The van der Waals surface area contributed by atoms with E-state index >= 15 is 0 Å². The van der Waals surface area contributed by atoms with Crippen LogP contribution >= 0.6 is 0 Å². The Balaban J connectivity index is 0.888. The Morgan fingerprint density at radius 1 is 0.460 bits per heavy atom. The number of rotatable bonds is 5. The second kappa shape index (κ2) is 11.5. The molecule has 0 spiro atoms. The Kier molecular flexibility index (Phi) is 6.52. The average Bonchev–Trinajstić information content (AvgIpc) is 3.71. The van der Waals surface area contributed by atoms with E-state index in [2.05, 4.69) is 134 Å². The highest BCUT2D eigenvalue weighted by atomic mass is 15.0. The molecule has 4 aromatic carbocycles. The van der Waals surface area contributed by atoms with Crippen LogP contribution in [0.2, 0.25) is 0 Å². The molecule has 0 radical (unpaired) electrons. The summed E-state index contributed by atoms with van der Waals surface area (Å²) < 4.78 is 4.60. The van der Waals surface area contributed by atoms with E-state index in [-0.39, 0.29) is 0 Å². The van der Waals surface area contributed by atoms with Crippen LogP contribution in [0, 0.1) is 0 Å². The minimum atomic E-state index is 0.843. The first-order valence-corrected chi connectivity index (χ1v) is 16.9. The van der Waals surface area contributed by atoms with Crippen molar-refractivity contribution in [3.8, 4) is 45.0 Å². The summed E-state index contributed by atoms with van der Waals surface area (Å²) in [4.78, 5) is 18.6. The second-order valence-electron chi connectivity index (χ2n) is 12.7. The maximum Gasteiger partial charge on any atom is 0.0886 e. The zero-order valence-electron chi connectivity index (χ0n) is 27.1. The quantitative estimate of drug-likeness (QED) is 0.188. The standard InChI is InChI=1S/C44H30N6/c1-3-7-41-35(5-1)37-21-23-45-27-43(37)49(41)33-15-9-29(10-16-33)31-13-19-39(47-25-31)40-20-14-32(26-48-40)30-11-17-34(18-12-30)50-42-8-4-2-6-36(42)38-22-24-46-28-44(38)50/h1-21,23,25-28H,22,24H2. The molecule has 9 aromatic rings. The molecule has 0 unspecified atom stereocenters. The molecule has 5 aromatic heterocycles. The average molecular weight is 643 g/mol. The summed E-state index contributed by atoms with van der Waals surface area (Å²) in [6.07, 6.45) is 10.7. The molecule has 1 aliphatic rings. The van der Waals surface area contributed by atoms with Crippen LogP contribution in [0.5, 0.6) is 0 Å². The highest BCUT2D eigenvalue weighted by molar-refractivity contribution is 6.09. The number of aromatic nitrogens is 5. The van der Waals surface area contributed by atoms with Crippen LogP contribution in [-0.2, 0) is 6.42 Å². The molecular weight excluding hydrogens is 613 g/mol. The molecule has 0 fully saturated rings. The zero-order chi connectivity index (χ0) is 33.0. The minimum absolute atomic E-state index is 0.843. The molecule has 0 atom stereocenters. The van der Waals surface area contributed by atoms with Crippen LogP contribution in [0.15, 0.2) is 157 Å². The summed E-state index contributed by atoms with van der Waals surface area (Å²) >= 11 is 0. The van der Waals surface area contributed by atoms with Crippen LogP contribution in [0.3, 0.4) is 0 Å². The molecule has 6 nitrogen and oxygen atoms in total. The number of aliphatic imine (C=N–C) groups is 1. The molecular formula is C44H30N6. The Morgan fingerprint density at radius 2 is 1.02 bits per heavy atom. The van der Waals surface area contributed by atoms with E-state index in [1.807, 2.05) is 43.1 Å². The molecule has 236 valence electrons. The molecule has 50 heavy (non-hydrogen) atoms. The third-order valence-electron chi connectivity index (χ3n) is 9.91. The smallest absolute Gasteiger partial charge is 0.0886 e. The molecule has 0 N–H and O–H groups in total. The SMILES string of the molecule is C1=NCCc2c1n(-c1ccc(-c3ccc(-c4ccc(-c5ccc(-n6c7ccccc7c7ccncc76)cc5)cn4)nc3)cc1)c1ccccc21. The van der Waals surface area contributed by atoms with Crippen molar-refractivity contribution in [2.45, 2.75) is 6.42 Å². The van der Waals surface area contributed by atoms with Gasteiger partial charge in [-0.3, -0.25) is 19.9 Å². The number of hydrogen-bond donors (Lipinski definition) is 0. The number of hydrogen-bond acceptors (Lipinski definition) is 4. The van der Waals surface area contributed by atoms with Gasteiger partial charge in [-0.05, 0) is 77.7 Å². The van der Waals surface area contributed by atoms with Crippen LogP contribution in [0.1, 0.15) is 11.3 Å². The molecule has 0 bridgehead atoms. The molecule has 0 saturated carbocycles. The van der Waals surface area contributed by atoms with Gasteiger partial charge in [-0.1, -0.05) is 72.8 Å². The van der Waals surface area contributed by atoms with Gasteiger partial charge in [0.05, 0.1) is 39.8 Å². The first-order valence-electron chi connectivity index (χ1n) is 16.9. The number of benzene rings is 4. The van der Waals surface area contributed by atoms with E-state index in [4.69, 9.17) is 9.97 Å². The third-order valence-corrected chi connectivity index (χ3v) is 9.91. The summed E-state index contributed by atoms with van der Waals surface area (Å²) in [6.45, 7) is 0.847. The minimum Gasteiger partial charge on any atom is -0.308 e. The number of pyridine rings is 3. The molecule has 6 heteroatoms. The highest BCUT2D eigenvalue weighted by Crippen LogP contribution is 2.34. The molecule has 10 rings (SSSR count). The summed E-state index contributed by atoms with van der Waals surface area (Å²) in [5.41, 5.74) is 14.3. The zero-order valence-corrected chi connectivity index (χ0v) is 27.1. The fourth-order valence-corrected chi connectivity index (χ4v) is 7.47. The van der Waals surface area contributed by atoms with Crippen molar-refractivity contribution < 1.29 is 0 Å². The van der Waals surface area contributed by atoms with E-state index in [0.29, 0.717) is 0 Å². The largest absolute Gasteiger partial charge is 0.308 e. The van der Waals surface area contributed by atoms with Gasteiger partial charge < -0.3 is 9.13 Å². The first-order chi connectivity index (χ1) is 24.8. The van der Waals surface area contributed by atoms with E-state index in [1.165, 1.54) is 38.4 Å². The summed E-state index contributed by atoms with van der Waals surface area (Å²) in [5, 5.41) is 3.74. The van der Waals surface area contributed by atoms with Crippen LogP contribution < -0.4 is 0 Å². The van der Waals surface area contributed by atoms with E-state index in [0.717, 1.165) is 63.5 Å². The fourth-order valence-electron chi connectivity index (χ4n) is 7.47. The number of nitrogens with zero attached hydrogens (tertiary/aromatic N) is 6. The van der Waals surface area contributed by atoms with Crippen molar-refractivity contribution in [3.63, 3.8) is 0 Å². The lowest BCUT2D eigenvalue weighted by molar-refractivity contribution is 0.940. The fraction of sp³-hybridized carbons (Fsp3) is 0.0455. The predicted octanol–water partition coefficient (Wildman–Crippen LogP) is 9.89. The molecule has 0 amide bonds. The van der Waals surface area contributed by atoms with Gasteiger partial charge in [0, 0.05) is 70.0 Å². The first kappa shape index (κ1) is 28.4. The topological polar surface area (TPSA) is 60.9 Å². The lowest BCUT2D eigenvalue weighted by atomic mass is 10.1. The molecule has 0 aliphatic carbocycles. The molecule has 6 heterocycles. The van der Waals surface area contributed by atoms with Crippen molar-refractivity contribution in [1.82, 2.24) is 24.1 Å². The Morgan fingerprint density at radius 3 is 1.66 bits per heavy atom. The van der Waals surface area contributed by atoms with E-state index < -0.39 is 0 Å². The third kappa shape index (κ3) is 4.57. The Hall–Kier alpha value is -6.66. The normalized spacial score (nSPS) is 12.6. The van der Waals surface area contributed by atoms with Crippen LogP contribution in [0.4, 0.5) is 0 Å². The van der Waals surface area contributed by atoms with Gasteiger partial charge in [-0.25, -0.2) is 0 Å². The van der Waals surface area contributed by atoms with Gasteiger partial charge in [-0.2, -0.15) is 0 Å². The summed E-state index contributed by atoms with van der Waals surface area (Å²) in [7, 11) is 0. The van der Waals surface area contributed by atoms with Gasteiger partial charge in [-0.15, -0.1) is 0 Å². The molecule has 1 aliphatic heterocycles. The Labute approximate surface area is 288 Å².